The van der Waals surface area contributed by atoms with E-state index in [1.54, 1.807) is 38.3 Å². The van der Waals surface area contributed by atoms with Gasteiger partial charge in [-0.2, -0.15) is 0 Å². The lowest BCUT2D eigenvalue weighted by Gasteiger charge is -2.27. The summed E-state index contributed by atoms with van der Waals surface area (Å²) in [6.45, 7) is 3.94. The standard InChI is InChI=1S/C27H27BrN2O6S/c1-5-7-18-23(26(33)36-6-2)24(17-14-16(28)9-11-20(17)34-3)30-25(32)22(37-27(30)29-18)13-15-8-10-21(35-4)19(31)12-15/h8-14,24,31H,5-7H2,1-4H3/b22-13+/t24-/m1/s1. The molecule has 0 radical (unpaired) electrons. The van der Waals surface area contributed by atoms with Crippen molar-refractivity contribution in [1.29, 1.82) is 0 Å². The van der Waals surface area contributed by atoms with Crippen LogP contribution < -0.4 is 24.4 Å². The fraction of sp³-hybridized carbons (Fsp3) is 0.296. The van der Waals surface area contributed by atoms with Gasteiger partial charge in [0, 0.05) is 10.0 Å². The van der Waals surface area contributed by atoms with Crippen LogP contribution in [0.2, 0.25) is 0 Å². The maximum absolute atomic E-state index is 13.9. The number of allylic oxidation sites excluding steroid dienone is 1. The van der Waals surface area contributed by atoms with Gasteiger partial charge in [0.15, 0.2) is 16.3 Å². The summed E-state index contributed by atoms with van der Waals surface area (Å²) in [5.41, 5.74) is 1.85. The lowest BCUT2D eigenvalue weighted by atomic mass is 9.93. The Morgan fingerprint density at radius 1 is 1.16 bits per heavy atom. The number of carbonyl (C=O) groups excluding carboxylic acids is 1. The van der Waals surface area contributed by atoms with Gasteiger partial charge in [0.25, 0.3) is 5.56 Å². The molecule has 0 aliphatic carbocycles. The number of halogens is 1. The van der Waals surface area contributed by atoms with E-state index in [9.17, 15) is 14.7 Å². The van der Waals surface area contributed by atoms with Crippen molar-refractivity contribution in [2.24, 2.45) is 4.99 Å². The number of hydrogen-bond donors (Lipinski definition) is 1. The van der Waals surface area contributed by atoms with Crippen LogP contribution in [-0.4, -0.2) is 36.5 Å². The van der Waals surface area contributed by atoms with Crippen molar-refractivity contribution in [3.05, 3.63) is 83.0 Å². The first kappa shape index (κ1) is 26.7. The van der Waals surface area contributed by atoms with Crippen molar-refractivity contribution in [2.45, 2.75) is 32.7 Å². The Hall–Kier alpha value is -3.37. The zero-order valence-electron chi connectivity index (χ0n) is 20.9. The summed E-state index contributed by atoms with van der Waals surface area (Å²) in [5, 5.41) is 10.2. The molecule has 194 valence electrons. The number of hydrogen-bond acceptors (Lipinski definition) is 8. The minimum Gasteiger partial charge on any atom is -0.504 e. The zero-order chi connectivity index (χ0) is 26.7. The van der Waals surface area contributed by atoms with Crippen LogP contribution in [0.25, 0.3) is 6.08 Å². The first-order valence-electron chi connectivity index (χ1n) is 11.7. The highest BCUT2D eigenvalue weighted by Crippen LogP contribution is 2.38. The molecule has 0 fully saturated rings. The second-order valence-electron chi connectivity index (χ2n) is 8.23. The number of rotatable bonds is 8. The highest BCUT2D eigenvalue weighted by atomic mass is 79.9. The van der Waals surface area contributed by atoms with Gasteiger partial charge in [-0.3, -0.25) is 9.36 Å². The number of esters is 1. The lowest BCUT2D eigenvalue weighted by molar-refractivity contribution is -0.139. The van der Waals surface area contributed by atoms with E-state index < -0.39 is 12.0 Å². The third-order valence-electron chi connectivity index (χ3n) is 5.88. The van der Waals surface area contributed by atoms with E-state index in [-0.39, 0.29) is 17.9 Å². The van der Waals surface area contributed by atoms with E-state index in [2.05, 4.69) is 15.9 Å². The lowest BCUT2D eigenvalue weighted by Crippen LogP contribution is -2.40. The minimum absolute atomic E-state index is 0.0318. The number of methoxy groups -OCH3 is 2. The second-order valence-corrected chi connectivity index (χ2v) is 10.2. The smallest absolute Gasteiger partial charge is 0.338 e. The molecule has 10 heteroatoms. The number of thiazole rings is 1. The molecule has 4 rings (SSSR count). The van der Waals surface area contributed by atoms with Gasteiger partial charge in [0.05, 0.1) is 36.6 Å². The molecule has 0 spiro atoms. The normalized spacial score (nSPS) is 15.3. The highest BCUT2D eigenvalue weighted by Gasteiger charge is 2.36. The van der Waals surface area contributed by atoms with Crippen LogP contribution in [0.1, 0.15) is 43.9 Å². The number of phenolic OH excluding ortho intramolecular Hbond substituents is 1. The van der Waals surface area contributed by atoms with E-state index in [1.807, 2.05) is 19.1 Å². The quantitative estimate of drug-likeness (QED) is 0.399. The largest absolute Gasteiger partial charge is 0.504 e. The third-order valence-corrected chi connectivity index (χ3v) is 7.36. The van der Waals surface area contributed by atoms with Gasteiger partial charge in [-0.15, -0.1) is 0 Å². The highest BCUT2D eigenvalue weighted by molar-refractivity contribution is 9.10. The van der Waals surface area contributed by atoms with Crippen molar-refractivity contribution >= 4 is 39.3 Å². The molecule has 3 aromatic rings. The average Bonchev–Trinajstić information content (AvgIpc) is 3.18. The molecule has 37 heavy (non-hydrogen) atoms. The summed E-state index contributed by atoms with van der Waals surface area (Å²) in [6, 6.07) is 9.58. The Bertz CT molecular complexity index is 1560. The molecule has 0 saturated heterocycles. The van der Waals surface area contributed by atoms with E-state index in [0.717, 1.165) is 10.9 Å². The van der Waals surface area contributed by atoms with Gasteiger partial charge in [-0.05, 0) is 55.3 Å². The summed E-state index contributed by atoms with van der Waals surface area (Å²) in [7, 11) is 3.02. The van der Waals surface area contributed by atoms with Crippen LogP contribution in [-0.2, 0) is 9.53 Å². The van der Waals surface area contributed by atoms with Crippen molar-refractivity contribution in [3.8, 4) is 17.2 Å². The minimum atomic E-state index is -0.796. The molecule has 1 atom stereocenters. The van der Waals surface area contributed by atoms with Crippen molar-refractivity contribution in [3.63, 3.8) is 0 Å². The molecule has 1 aliphatic rings. The fourth-order valence-corrected chi connectivity index (χ4v) is 5.68. The maximum atomic E-state index is 13.9. The molecule has 0 unspecified atom stereocenters. The summed E-state index contributed by atoms with van der Waals surface area (Å²) in [5.74, 6) is 0.317. The van der Waals surface area contributed by atoms with E-state index in [0.29, 0.717) is 49.7 Å². The van der Waals surface area contributed by atoms with Gasteiger partial charge >= 0.3 is 5.97 Å². The van der Waals surface area contributed by atoms with E-state index in [1.165, 1.54) is 29.1 Å². The summed E-state index contributed by atoms with van der Waals surface area (Å²) >= 11 is 4.74. The predicted molar refractivity (Wildman–Crippen MR) is 145 cm³/mol. The summed E-state index contributed by atoms with van der Waals surface area (Å²) < 4.78 is 18.9. The predicted octanol–water partition coefficient (Wildman–Crippen LogP) is 4.06. The van der Waals surface area contributed by atoms with Crippen LogP contribution in [0.4, 0.5) is 0 Å². The van der Waals surface area contributed by atoms with Gasteiger partial charge in [-0.1, -0.05) is 46.7 Å². The van der Waals surface area contributed by atoms with E-state index >= 15 is 0 Å². The number of aromatic nitrogens is 1. The molecule has 1 aromatic heterocycles. The molecular weight excluding hydrogens is 560 g/mol. The SMILES string of the molecule is CCCC1=C(C(=O)OCC)[C@@H](c2cc(Br)ccc2OC)n2c(s/c(=C/c3ccc(OC)c(O)c3)c2=O)=N1. The van der Waals surface area contributed by atoms with Crippen LogP contribution >= 0.6 is 27.3 Å². The zero-order valence-corrected chi connectivity index (χ0v) is 23.3. The van der Waals surface area contributed by atoms with Gasteiger partial charge in [0.2, 0.25) is 0 Å². The number of phenols is 1. The molecule has 0 saturated carbocycles. The number of ether oxygens (including phenoxy) is 3. The topological polar surface area (TPSA) is 99.4 Å². The number of benzene rings is 2. The molecule has 0 amide bonds. The maximum Gasteiger partial charge on any atom is 0.338 e. The Kier molecular flexibility index (Phi) is 8.19. The number of fused-ring (bicyclic) bond motifs is 1. The molecule has 2 heterocycles. The van der Waals surface area contributed by atoms with Crippen molar-refractivity contribution in [2.75, 3.05) is 20.8 Å². The van der Waals surface area contributed by atoms with Gasteiger partial charge < -0.3 is 19.3 Å². The first-order valence-corrected chi connectivity index (χ1v) is 13.4. The monoisotopic (exact) mass is 586 g/mol. The average molecular weight is 587 g/mol. The van der Waals surface area contributed by atoms with Crippen LogP contribution in [0, 0.1) is 0 Å². The van der Waals surface area contributed by atoms with Crippen LogP contribution in [0.5, 0.6) is 17.2 Å². The summed E-state index contributed by atoms with van der Waals surface area (Å²) in [4.78, 5) is 32.4. The second kappa shape index (κ2) is 11.4. The Balaban J connectivity index is 2.03. The molecule has 0 bridgehead atoms. The van der Waals surface area contributed by atoms with Crippen molar-refractivity contribution < 1.29 is 24.1 Å². The molecule has 2 aromatic carbocycles. The van der Waals surface area contributed by atoms with Crippen LogP contribution in [0.3, 0.4) is 0 Å². The molecule has 8 nitrogen and oxygen atoms in total. The number of carbonyl (C=O) groups is 1. The van der Waals surface area contributed by atoms with E-state index in [4.69, 9.17) is 19.2 Å². The first-order chi connectivity index (χ1) is 17.8. The number of nitrogens with zero attached hydrogens (tertiary/aromatic N) is 2. The Morgan fingerprint density at radius 2 is 1.89 bits per heavy atom. The number of aromatic hydroxyl groups is 1. The van der Waals surface area contributed by atoms with Crippen LogP contribution in [0.15, 0.2) is 61.9 Å². The van der Waals surface area contributed by atoms with Crippen molar-refractivity contribution in [1.82, 2.24) is 4.57 Å². The molecule has 1 N–H and O–H groups in total. The molecule has 1 aliphatic heterocycles. The van der Waals surface area contributed by atoms with Gasteiger partial charge in [-0.25, -0.2) is 9.79 Å². The Morgan fingerprint density at radius 3 is 2.54 bits per heavy atom. The van der Waals surface area contributed by atoms with Gasteiger partial charge in [0.1, 0.15) is 11.8 Å². The summed E-state index contributed by atoms with van der Waals surface area (Å²) in [6.07, 6.45) is 2.98. The fourth-order valence-electron chi connectivity index (χ4n) is 4.28. The Labute approximate surface area is 226 Å². The molecular formula is C27H27BrN2O6S. The third kappa shape index (κ3) is 5.21.